The second-order valence-electron chi connectivity index (χ2n) is 5.93. The molecule has 3 aromatic rings. The number of aromatic amines is 1. The highest BCUT2D eigenvalue weighted by atomic mass is 16.6. The van der Waals surface area contributed by atoms with Crippen LogP contribution in [0, 0.1) is 10.1 Å². The number of rotatable bonds is 5. The molecule has 9 nitrogen and oxygen atoms in total. The Balaban J connectivity index is 1.91. The van der Waals surface area contributed by atoms with Crippen molar-refractivity contribution in [3.05, 3.63) is 74.3 Å². The summed E-state index contributed by atoms with van der Waals surface area (Å²) in [5.74, 6) is -0.107. The van der Waals surface area contributed by atoms with Crippen LogP contribution >= 0.6 is 0 Å². The summed E-state index contributed by atoms with van der Waals surface area (Å²) in [5, 5.41) is 14.3. The summed E-state index contributed by atoms with van der Waals surface area (Å²) in [5.41, 5.74) is 0.698. The molecule has 9 heteroatoms. The van der Waals surface area contributed by atoms with Gasteiger partial charge in [-0.1, -0.05) is 12.1 Å². The van der Waals surface area contributed by atoms with Crippen molar-refractivity contribution in [3.8, 4) is 0 Å². The third kappa shape index (κ3) is 3.61. The predicted octanol–water partition coefficient (Wildman–Crippen LogP) is 2.15. The number of hydrogen-bond acceptors (Lipinski definition) is 6. The van der Waals surface area contributed by atoms with Crippen molar-refractivity contribution >= 4 is 28.2 Å². The highest BCUT2D eigenvalue weighted by Crippen LogP contribution is 2.23. The van der Waals surface area contributed by atoms with Crippen molar-refractivity contribution < 1.29 is 9.72 Å². The van der Waals surface area contributed by atoms with E-state index in [0.717, 1.165) is 0 Å². The molecule has 1 amide bonds. The Morgan fingerprint density at radius 1 is 1.30 bits per heavy atom. The normalized spacial score (nSPS) is 10.6. The number of benzene rings is 2. The zero-order valence-corrected chi connectivity index (χ0v) is 14.7. The number of hydrogen-bond donors (Lipinski definition) is 2. The van der Waals surface area contributed by atoms with E-state index in [1.54, 1.807) is 31.3 Å². The van der Waals surface area contributed by atoms with Gasteiger partial charge in [-0.2, -0.15) is 0 Å². The minimum absolute atomic E-state index is 0.0464. The molecule has 2 aromatic carbocycles. The molecule has 0 saturated carbocycles. The number of nitro benzene ring substituents is 1. The minimum atomic E-state index is -0.557. The SMILES string of the molecule is CNc1ccc([N+](=O)[O-])cc1C(=O)N(C)Cc1nc2ccccc2c(=O)[nH]1. The number of aromatic nitrogens is 2. The van der Waals surface area contributed by atoms with Crippen LogP contribution in [0.4, 0.5) is 11.4 Å². The van der Waals surface area contributed by atoms with Crippen LogP contribution < -0.4 is 10.9 Å². The molecule has 0 aliphatic heterocycles. The molecule has 1 heterocycles. The fourth-order valence-corrected chi connectivity index (χ4v) is 2.75. The maximum atomic E-state index is 12.8. The molecule has 0 saturated heterocycles. The summed E-state index contributed by atoms with van der Waals surface area (Å²) in [4.78, 5) is 43.8. The van der Waals surface area contributed by atoms with Crippen molar-refractivity contribution in [2.45, 2.75) is 6.54 Å². The first kappa shape index (κ1) is 18.1. The van der Waals surface area contributed by atoms with Crippen LogP contribution in [0.5, 0.6) is 0 Å². The van der Waals surface area contributed by atoms with Gasteiger partial charge in [0.05, 0.1) is 27.9 Å². The van der Waals surface area contributed by atoms with Crippen molar-refractivity contribution in [2.75, 3.05) is 19.4 Å². The number of non-ortho nitro benzene ring substituents is 1. The molecular weight excluding hydrogens is 350 g/mol. The van der Waals surface area contributed by atoms with Crippen molar-refractivity contribution in [2.24, 2.45) is 0 Å². The van der Waals surface area contributed by atoms with Gasteiger partial charge in [-0.25, -0.2) is 4.98 Å². The van der Waals surface area contributed by atoms with Crippen LogP contribution in [0.3, 0.4) is 0 Å². The second kappa shape index (κ2) is 7.24. The molecule has 138 valence electrons. The number of nitrogens with zero attached hydrogens (tertiary/aromatic N) is 3. The molecule has 0 fully saturated rings. The van der Waals surface area contributed by atoms with Crippen molar-refractivity contribution in [1.29, 1.82) is 0 Å². The molecule has 1 aromatic heterocycles. The summed E-state index contributed by atoms with van der Waals surface area (Å²) < 4.78 is 0. The predicted molar refractivity (Wildman–Crippen MR) is 101 cm³/mol. The van der Waals surface area contributed by atoms with Crippen LogP contribution in [-0.2, 0) is 6.54 Å². The van der Waals surface area contributed by atoms with Crippen molar-refractivity contribution in [1.82, 2.24) is 14.9 Å². The average molecular weight is 367 g/mol. The van der Waals surface area contributed by atoms with E-state index in [1.165, 1.54) is 30.1 Å². The lowest BCUT2D eigenvalue weighted by molar-refractivity contribution is -0.384. The van der Waals surface area contributed by atoms with E-state index >= 15 is 0 Å². The van der Waals surface area contributed by atoms with Gasteiger partial charge in [-0.05, 0) is 18.2 Å². The Morgan fingerprint density at radius 2 is 2.04 bits per heavy atom. The second-order valence-corrected chi connectivity index (χ2v) is 5.93. The molecule has 0 aliphatic rings. The lowest BCUT2D eigenvalue weighted by Gasteiger charge is -2.18. The summed E-state index contributed by atoms with van der Waals surface area (Å²) in [6, 6.07) is 10.9. The number of para-hydroxylation sites is 1. The highest BCUT2D eigenvalue weighted by Gasteiger charge is 2.20. The molecule has 0 aliphatic carbocycles. The smallest absolute Gasteiger partial charge is 0.270 e. The first-order chi connectivity index (χ1) is 12.9. The maximum absolute atomic E-state index is 12.8. The van der Waals surface area contributed by atoms with Gasteiger partial charge >= 0.3 is 0 Å². The number of H-pyrrole nitrogens is 1. The maximum Gasteiger partial charge on any atom is 0.270 e. The summed E-state index contributed by atoms with van der Waals surface area (Å²) >= 11 is 0. The van der Waals surface area contributed by atoms with Gasteiger partial charge in [-0.15, -0.1) is 0 Å². The van der Waals surface area contributed by atoms with Crippen LogP contribution in [0.1, 0.15) is 16.2 Å². The number of nitro groups is 1. The Labute approximate surface area is 153 Å². The van der Waals surface area contributed by atoms with Crippen LogP contribution in [0.15, 0.2) is 47.3 Å². The van der Waals surface area contributed by atoms with Gasteiger partial charge in [0.2, 0.25) is 0 Å². The van der Waals surface area contributed by atoms with E-state index in [2.05, 4.69) is 15.3 Å². The first-order valence-corrected chi connectivity index (χ1v) is 8.10. The van der Waals surface area contributed by atoms with Crippen LogP contribution in [0.2, 0.25) is 0 Å². The topological polar surface area (TPSA) is 121 Å². The fraction of sp³-hybridized carbons (Fsp3) is 0.167. The quantitative estimate of drug-likeness (QED) is 0.526. The van der Waals surface area contributed by atoms with Gasteiger partial charge in [0.1, 0.15) is 5.82 Å². The molecular formula is C18H17N5O4. The van der Waals surface area contributed by atoms with Gasteiger partial charge in [0.25, 0.3) is 17.2 Å². The van der Waals surface area contributed by atoms with Gasteiger partial charge in [-0.3, -0.25) is 19.7 Å². The molecule has 0 unspecified atom stereocenters. The fourth-order valence-electron chi connectivity index (χ4n) is 2.75. The lowest BCUT2D eigenvalue weighted by atomic mass is 10.1. The molecule has 0 radical (unpaired) electrons. The first-order valence-electron chi connectivity index (χ1n) is 8.10. The average Bonchev–Trinajstić information content (AvgIpc) is 2.66. The summed E-state index contributed by atoms with van der Waals surface area (Å²) in [7, 11) is 3.16. The summed E-state index contributed by atoms with van der Waals surface area (Å²) in [6.45, 7) is 0.0464. The summed E-state index contributed by atoms with van der Waals surface area (Å²) in [6.07, 6.45) is 0. The van der Waals surface area contributed by atoms with Crippen molar-refractivity contribution in [3.63, 3.8) is 0 Å². The number of fused-ring (bicyclic) bond motifs is 1. The van der Waals surface area contributed by atoms with Crippen LogP contribution in [-0.4, -0.2) is 39.8 Å². The van der Waals surface area contributed by atoms with E-state index in [-0.39, 0.29) is 23.4 Å². The van der Waals surface area contributed by atoms with Gasteiger partial charge < -0.3 is 15.2 Å². The van der Waals surface area contributed by atoms with Gasteiger partial charge in [0.15, 0.2) is 0 Å². The largest absolute Gasteiger partial charge is 0.387 e. The Hall–Kier alpha value is -3.75. The molecule has 0 spiro atoms. The van der Waals surface area contributed by atoms with E-state index in [9.17, 15) is 19.7 Å². The number of amides is 1. The molecule has 0 atom stereocenters. The zero-order chi connectivity index (χ0) is 19.6. The Bertz CT molecular complexity index is 1090. The zero-order valence-electron chi connectivity index (χ0n) is 14.7. The standard InChI is InChI=1S/C18H17N5O4/c1-19-14-8-7-11(23(26)27)9-13(14)18(25)22(2)10-16-20-15-6-4-3-5-12(15)17(24)21-16/h3-9,19H,10H2,1-2H3,(H,20,21,24). The monoisotopic (exact) mass is 367 g/mol. The van der Waals surface area contributed by atoms with Gasteiger partial charge in [0, 0.05) is 31.9 Å². The molecule has 0 bridgehead atoms. The van der Waals surface area contributed by atoms with E-state index in [1.807, 2.05) is 0 Å². The van der Waals surface area contributed by atoms with E-state index in [4.69, 9.17) is 0 Å². The molecule has 3 rings (SSSR count). The highest BCUT2D eigenvalue weighted by molar-refractivity contribution is 6.00. The number of anilines is 1. The molecule has 27 heavy (non-hydrogen) atoms. The Morgan fingerprint density at radius 3 is 2.74 bits per heavy atom. The number of carbonyl (C=O) groups excluding carboxylic acids is 1. The Kier molecular flexibility index (Phi) is 4.84. The third-order valence-electron chi connectivity index (χ3n) is 4.11. The molecule has 2 N–H and O–H groups in total. The number of nitrogens with one attached hydrogen (secondary N) is 2. The lowest BCUT2D eigenvalue weighted by Crippen LogP contribution is -2.29. The number of carbonyl (C=O) groups is 1. The van der Waals surface area contributed by atoms with Crippen LogP contribution in [0.25, 0.3) is 10.9 Å². The van der Waals surface area contributed by atoms with E-state index in [0.29, 0.717) is 22.4 Å². The van der Waals surface area contributed by atoms with E-state index < -0.39 is 10.8 Å². The minimum Gasteiger partial charge on any atom is -0.387 e. The third-order valence-corrected chi connectivity index (χ3v) is 4.11.